The van der Waals surface area contributed by atoms with Gasteiger partial charge in [-0.3, -0.25) is 9.13 Å². The van der Waals surface area contributed by atoms with Gasteiger partial charge in [0.1, 0.15) is 12.1 Å². The van der Waals surface area contributed by atoms with E-state index in [0.29, 0.717) is 24.2 Å². The maximum Gasteiger partial charge on any atom is 0.329 e. The van der Waals surface area contributed by atoms with Crippen LogP contribution in [0.4, 0.5) is 0 Å². The summed E-state index contributed by atoms with van der Waals surface area (Å²) in [4.78, 5) is 12.4. The molecule has 0 aliphatic rings. The molecule has 0 aliphatic carbocycles. The van der Waals surface area contributed by atoms with E-state index in [9.17, 15) is 4.79 Å². The van der Waals surface area contributed by atoms with Crippen LogP contribution in [0.2, 0.25) is 0 Å². The van der Waals surface area contributed by atoms with Crippen LogP contribution in [0.5, 0.6) is 0 Å². The standard InChI is InChI=1S/C15H16N4O/c1-3-5-18-13-7-11(9-16)12(10-17)8-14(13)19(6-4-2)15(18)20/h7-8H,3-6H2,1-2H3. The smallest absolute Gasteiger partial charge is 0.292 e. The topological polar surface area (TPSA) is 74.5 Å². The molecule has 0 unspecified atom stereocenters. The molecule has 2 rings (SSSR count). The maximum absolute atomic E-state index is 12.4. The van der Waals surface area contributed by atoms with Crippen LogP contribution in [-0.4, -0.2) is 9.13 Å². The third-order valence-electron chi connectivity index (χ3n) is 3.29. The number of rotatable bonds is 4. The van der Waals surface area contributed by atoms with Crippen LogP contribution in [0, 0.1) is 22.7 Å². The van der Waals surface area contributed by atoms with Crippen molar-refractivity contribution in [1.29, 1.82) is 10.5 Å². The lowest BCUT2D eigenvalue weighted by Crippen LogP contribution is -2.24. The molecule has 102 valence electrons. The summed E-state index contributed by atoms with van der Waals surface area (Å²) < 4.78 is 3.37. The number of fused-ring (bicyclic) bond motifs is 1. The van der Waals surface area contributed by atoms with Gasteiger partial charge in [-0.15, -0.1) is 0 Å². The molecule has 1 aromatic heterocycles. The van der Waals surface area contributed by atoms with E-state index in [1.807, 2.05) is 26.0 Å². The van der Waals surface area contributed by atoms with Gasteiger partial charge in [0.05, 0.1) is 22.2 Å². The first kappa shape index (κ1) is 13.9. The number of benzene rings is 1. The van der Waals surface area contributed by atoms with Crippen LogP contribution >= 0.6 is 0 Å². The van der Waals surface area contributed by atoms with Crippen LogP contribution < -0.4 is 5.69 Å². The minimum Gasteiger partial charge on any atom is -0.292 e. The first-order chi connectivity index (χ1) is 9.67. The number of hydrogen-bond acceptors (Lipinski definition) is 3. The lowest BCUT2D eigenvalue weighted by atomic mass is 10.1. The average molecular weight is 268 g/mol. The molecule has 2 aromatic rings. The molecule has 0 saturated carbocycles. The third-order valence-corrected chi connectivity index (χ3v) is 3.29. The second-order valence-electron chi connectivity index (χ2n) is 4.70. The Kier molecular flexibility index (Phi) is 3.91. The molecule has 0 saturated heterocycles. The predicted octanol–water partition coefficient (Wildman–Crippen LogP) is 2.37. The molecule has 0 bridgehead atoms. The van der Waals surface area contributed by atoms with E-state index in [1.165, 1.54) is 0 Å². The van der Waals surface area contributed by atoms with E-state index in [0.717, 1.165) is 23.9 Å². The van der Waals surface area contributed by atoms with Gasteiger partial charge in [-0.05, 0) is 25.0 Å². The van der Waals surface area contributed by atoms with Crippen LogP contribution in [0.15, 0.2) is 16.9 Å². The van der Waals surface area contributed by atoms with Gasteiger partial charge in [0.15, 0.2) is 0 Å². The van der Waals surface area contributed by atoms with Crippen molar-refractivity contribution < 1.29 is 0 Å². The van der Waals surface area contributed by atoms with Gasteiger partial charge in [0.25, 0.3) is 0 Å². The summed E-state index contributed by atoms with van der Waals surface area (Å²) in [5.41, 5.74) is 2.04. The lowest BCUT2D eigenvalue weighted by Gasteiger charge is -2.02. The molecular weight excluding hydrogens is 252 g/mol. The van der Waals surface area contributed by atoms with Gasteiger partial charge in [-0.2, -0.15) is 10.5 Å². The molecule has 1 heterocycles. The average Bonchev–Trinajstić information content (AvgIpc) is 2.71. The fourth-order valence-electron chi connectivity index (χ4n) is 2.43. The van der Waals surface area contributed by atoms with Gasteiger partial charge < -0.3 is 0 Å². The van der Waals surface area contributed by atoms with Crippen molar-refractivity contribution in [2.75, 3.05) is 0 Å². The zero-order chi connectivity index (χ0) is 14.7. The highest BCUT2D eigenvalue weighted by Gasteiger charge is 2.15. The second-order valence-corrected chi connectivity index (χ2v) is 4.70. The molecular formula is C15H16N4O. The van der Waals surface area contributed by atoms with Gasteiger partial charge >= 0.3 is 5.69 Å². The maximum atomic E-state index is 12.4. The highest BCUT2D eigenvalue weighted by atomic mass is 16.1. The van der Waals surface area contributed by atoms with Gasteiger partial charge in [-0.25, -0.2) is 4.79 Å². The Labute approximate surface area is 117 Å². The highest BCUT2D eigenvalue weighted by molar-refractivity contribution is 5.80. The molecule has 0 fully saturated rings. The normalized spacial score (nSPS) is 10.4. The number of aryl methyl sites for hydroxylation is 2. The van der Waals surface area contributed by atoms with Crippen LogP contribution in [0.25, 0.3) is 11.0 Å². The molecule has 0 aliphatic heterocycles. The second kappa shape index (κ2) is 5.63. The minimum absolute atomic E-state index is 0.0670. The minimum atomic E-state index is -0.0670. The Bertz CT molecular complexity index is 719. The molecule has 0 radical (unpaired) electrons. The third kappa shape index (κ3) is 2.08. The largest absolute Gasteiger partial charge is 0.329 e. The molecule has 20 heavy (non-hydrogen) atoms. The van der Waals surface area contributed by atoms with Gasteiger partial charge in [0, 0.05) is 13.1 Å². The van der Waals surface area contributed by atoms with E-state index >= 15 is 0 Å². The molecule has 5 nitrogen and oxygen atoms in total. The van der Waals surface area contributed by atoms with Crippen molar-refractivity contribution in [2.24, 2.45) is 0 Å². The summed E-state index contributed by atoms with van der Waals surface area (Å²) in [5, 5.41) is 18.2. The number of nitriles is 2. The number of aromatic nitrogens is 2. The lowest BCUT2D eigenvalue weighted by molar-refractivity contribution is 0.607. The van der Waals surface area contributed by atoms with Crippen molar-refractivity contribution in [2.45, 2.75) is 39.8 Å². The Balaban J connectivity index is 2.87. The molecule has 0 spiro atoms. The summed E-state index contributed by atoms with van der Waals surface area (Å²) in [6.45, 7) is 5.24. The van der Waals surface area contributed by atoms with Crippen molar-refractivity contribution in [3.63, 3.8) is 0 Å². The fourth-order valence-corrected chi connectivity index (χ4v) is 2.43. The van der Waals surface area contributed by atoms with E-state index < -0.39 is 0 Å². The summed E-state index contributed by atoms with van der Waals surface area (Å²) in [6, 6.07) is 7.34. The summed E-state index contributed by atoms with van der Waals surface area (Å²) in [7, 11) is 0. The van der Waals surface area contributed by atoms with Gasteiger partial charge in [-0.1, -0.05) is 13.8 Å². The SMILES string of the molecule is CCCn1c(=O)n(CCC)c2cc(C#N)c(C#N)cc21. The van der Waals surface area contributed by atoms with Crippen LogP contribution in [0.1, 0.15) is 37.8 Å². The molecule has 0 amide bonds. The Morgan fingerprint density at radius 3 is 1.65 bits per heavy atom. The Morgan fingerprint density at radius 1 is 0.950 bits per heavy atom. The first-order valence-electron chi connectivity index (χ1n) is 6.75. The number of nitrogens with zero attached hydrogens (tertiary/aromatic N) is 4. The summed E-state index contributed by atoms with van der Waals surface area (Å²) in [6.07, 6.45) is 1.68. The quantitative estimate of drug-likeness (QED) is 0.854. The van der Waals surface area contributed by atoms with E-state index in [4.69, 9.17) is 10.5 Å². The van der Waals surface area contributed by atoms with E-state index in [2.05, 4.69) is 0 Å². The fraction of sp³-hybridized carbons (Fsp3) is 0.400. The Morgan fingerprint density at radius 2 is 1.35 bits per heavy atom. The summed E-state index contributed by atoms with van der Waals surface area (Å²) >= 11 is 0. The van der Waals surface area contributed by atoms with Crippen molar-refractivity contribution in [1.82, 2.24) is 9.13 Å². The van der Waals surface area contributed by atoms with Gasteiger partial charge in [0.2, 0.25) is 0 Å². The number of imidazole rings is 1. The summed E-state index contributed by atoms with van der Waals surface area (Å²) in [5.74, 6) is 0. The molecule has 5 heteroatoms. The van der Waals surface area contributed by atoms with Crippen LogP contribution in [0.3, 0.4) is 0 Å². The highest BCUT2D eigenvalue weighted by Crippen LogP contribution is 2.19. The first-order valence-corrected chi connectivity index (χ1v) is 6.75. The number of hydrogen-bond donors (Lipinski definition) is 0. The molecule has 0 atom stereocenters. The van der Waals surface area contributed by atoms with Crippen molar-refractivity contribution in [3.05, 3.63) is 33.7 Å². The van der Waals surface area contributed by atoms with Crippen molar-refractivity contribution >= 4 is 11.0 Å². The zero-order valence-electron chi connectivity index (χ0n) is 11.7. The molecule has 1 aromatic carbocycles. The van der Waals surface area contributed by atoms with Crippen LogP contribution in [-0.2, 0) is 13.1 Å². The monoisotopic (exact) mass is 268 g/mol. The molecule has 0 N–H and O–H groups in total. The predicted molar refractivity (Wildman–Crippen MR) is 76.2 cm³/mol. The zero-order valence-corrected chi connectivity index (χ0v) is 11.7. The van der Waals surface area contributed by atoms with Crippen molar-refractivity contribution in [3.8, 4) is 12.1 Å². The Hall–Kier alpha value is -2.53. The van der Waals surface area contributed by atoms with E-state index in [1.54, 1.807) is 21.3 Å². The van der Waals surface area contributed by atoms with E-state index in [-0.39, 0.29) is 5.69 Å².